The second kappa shape index (κ2) is 8.97. The van der Waals surface area contributed by atoms with E-state index >= 15 is 0 Å². The van der Waals surface area contributed by atoms with Crippen LogP contribution in [-0.2, 0) is 21.2 Å². The van der Waals surface area contributed by atoms with Gasteiger partial charge in [-0.05, 0) is 24.3 Å². The molecule has 0 bridgehead atoms. The molecule has 3 rings (SSSR count). The number of hydrogen-bond donors (Lipinski definition) is 0. The topological polar surface area (TPSA) is 76.2 Å². The lowest BCUT2D eigenvalue weighted by Gasteiger charge is -2.34. The Morgan fingerprint density at radius 2 is 1.67 bits per heavy atom. The Hall–Kier alpha value is -2.72. The average Bonchev–Trinajstić information content (AvgIpc) is 2.75. The number of carbonyl (C=O) groups is 1. The van der Waals surface area contributed by atoms with Crippen LogP contribution in [0.3, 0.4) is 0 Å². The van der Waals surface area contributed by atoms with Gasteiger partial charge < -0.3 is 14.4 Å². The molecule has 0 saturated carbocycles. The van der Waals surface area contributed by atoms with Crippen molar-refractivity contribution in [2.75, 3.05) is 40.4 Å². The van der Waals surface area contributed by atoms with E-state index in [1.807, 2.05) is 0 Å². The average molecular weight is 440 g/mol. The van der Waals surface area contributed by atoms with E-state index in [2.05, 4.69) is 0 Å². The Balaban J connectivity index is 1.65. The Kier molecular flexibility index (Phi) is 6.57. The number of methoxy groups -OCH3 is 2. The molecule has 0 N–H and O–H groups in total. The highest BCUT2D eigenvalue weighted by Crippen LogP contribution is 2.26. The first-order valence-corrected chi connectivity index (χ1v) is 10.6. The van der Waals surface area contributed by atoms with Crippen LogP contribution in [0.4, 0.5) is 8.78 Å². The molecule has 1 saturated heterocycles. The first-order chi connectivity index (χ1) is 14.3. The number of piperazine rings is 1. The zero-order valence-corrected chi connectivity index (χ0v) is 17.4. The van der Waals surface area contributed by atoms with Crippen molar-refractivity contribution in [2.45, 2.75) is 11.3 Å². The highest BCUT2D eigenvalue weighted by atomic mass is 32.2. The molecule has 0 aromatic heterocycles. The number of sulfonamides is 1. The van der Waals surface area contributed by atoms with Crippen LogP contribution in [0.25, 0.3) is 0 Å². The largest absolute Gasteiger partial charge is 0.497 e. The minimum absolute atomic E-state index is 0.0623. The maximum Gasteiger partial charge on any atom is 0.243 e. The number of nitrogens with zero attached hydrogens (tertiary/aromatic N) is 2. The van der Waals surface area contributed by atoms with Crippen LogP contribution in [0.5, 0.6) is 11.5 Å². The summed E-state index contributed by atoms with van der Waals surface area (Å²) in [5.74, 6) is -1.36. The minimum Gasteiger partial charge on any atom is -0.497 e. The summed E-state index contributed by atoms with van der Waals surface area (Å²) in [6, 6.07) is 7.65. The maximum atomic E-state index is 13.4. The van der Waals surface area contributed by atoms with Crippen LogP contribution in [0.2, 0.25) is 0 Å². The molecule has 1 fully saturated rings. The lowest BCUT2D eigenvalue weighted by molar-refractivity contribution is -0.131. The predicted molar refractivity (Wildman–Crippen MR) is 105 cm³/mol. The van der Waals surface area contributed by atoms with Crippen LogP contribution >= 0.6 is 0 Å². The van der Waals surface area contributed by atoms with Gasteiger partial charge >= 0.3 is 0 Å². The van der Waals surface area contributed by atoms with E-state index in [1.54, 1.807) is 23.1 Å². The standard InChI is InChI=1S/C20H22F2N2O5S/c1-28-15-4-3-14(19(12-15)29-2)11-20(25)23-7-9-24(10-8-23)30(26,27)16-5-6-17(21)18(22)13-16/h3-6,12-13H,7-11H2,1-2H3. The molecule has 0 unspecified atom stereocenters. The van der Waals surface area contributed by atoms with Gasteiger partial charge in [-0.25, -0.2) is 17.2 Å². The van der Waals surface area contributed by atoms with E-state index in [-0.39, 0.29) is 43.4 Å². The fourth-order valence-electron chi connectivity index (χ4n) is 3.24. The lowest BCUT2D eigenvalue weighted by Crippen LogP contribution is -2.50. The smallest absolute Gasteiger partial charge is 0.243 e. The van der Waals surface area contributed by atoms with E-state index in [0.717, 1.165) is 16.4 Å². The van der Waals surface area contributed by atoms with E-state index in [4.69, 9.17) is 9.47 Å². The van der Waals surface area contributed by atoms with Gasteiger partial charge in [0.05, 0.1) is 25.5 Å². The highest BCUT2D eigenvalue weighted by molar-refractivity contribution is 7.89. The fraction of sp³-hybridized carbons (Fsp3) is 0.350. The van der Waals surface area contributed by atoms with Gasteiger partial charge in [0.1, 0.15) is 11.5 Å². The Bertz CT molecular complexity index is 1040. The van der Waals surface area contributed by atoms with E-state index in [9.17, 15) is 22.0 Å². The van der Waals surface area contributed by atoms with Gasteiger partial charge in [0.2, 0.25) is 15.9 Å². The van der Waals surface area contributed by atoms with Crippen LogP contribution in [0.1, 0.15) is 5.56 Å². The molecular weight excluding hydrogens is 418 g/mol. The molecule has 162 valence electrons. The van der Waals surface area contributed by atoms with Crippen LogP contribution in [-0.4, -0.2) is 63.9 Å². The van der Waals surface area contributed by atoms with E-state index < -0.39 is 21.7 Å². The summed E-state index contributed by atoms with van der Waals surface area (Å²) in [4.78, 5) is 13.9. The highest BCUT2D eigenvalue weighted by Gasteiger charge is 2.31. The van der Waals surface area contributed by atoms with Crippen molar-refractivity contribution in [1.29, 1.82) is 0 Å². The molecule has 0 atom stereocenters. The molecule has 2 aromatic rings. The molecule has 2 aromatic carbocycles. The number of carbonyl (C=O) groups excluding carboxylic acids is 1. The molecule has 30 heavy (non-hydrogen) atoms. The maximum absolute atomic E-state index is 13.4. The van der Waals surface area contributed by atoms with Crippen molar-refractivity contribution in [3.63, 3.8) is 0 Å². The molecule has 0 radical (unpaired) electrons. The number of benzene rings is 2. The normalized spacial score (nSPS) is 15.1. The Labute approximate surface area is 173 Å². The van der Waals surface area contributed by atoms with E-state index in [1.165, 1.54) is 14.2 Å². The van der Waals surface area contributed by atoms with Crippen molar-refractivity contribution in [3.8, 4) is 11.5 Å². The zero-order valence-electron chi connectivity index (χ0n) is 16.6. The fourth-order valence-corrected chi connectivity index (χ4v) is 4.67. The molecular formula is C20H22F2N2O5S. The van der Waals surface area contributed by atoms with Gasteiger partial charge in [0.15, 0.2) is 11.6 Å². The monoisotopic (exact) mass is 440 g/mol. The van der Waals surface area contributed by atoms with Gasteiger partial charge in [0.25, 0.3) is 0 Å². The Morgan fingerprint density at radius 1 is 0.967 bits per heavy atom. The Morgan fingerprint density at radius 3 is 2.27 bits per heavy atom. The summed E-state index contributed by atoms with van der Waals surface area (Å²) >= 11 is 0. The summed E-state index contributed by atoms with van der Waals surface area (Å²) in [5, 5.41) is 0. The minimum atomic E-state index is -3.97. The summed E-state index contributed by atoms with van der Waals surface area (Å²) in [6.07, 6.45) is 0.100. The molecule has 1 aliphatic rings. The van der Waals surface area contributed by atoms with Crippen molar-refractivity contribution in [2.24, 2.45) is 0 Å². The molecule has 0 spiro atoms. The zero-order chi connectivity index (χ0) is 21.9. The van der Waals surface area contributed by atoms with Crippen LogP contribution in [0.15, 0.2) is 41.3 Å². The third-order valence-corrected chi connectivity index (χ3v) is 6.85. The third kappa shape index (κ3) is 4.54. The van der Waals surface area contributed by atoms with Gasteiger partial charge in [-0.2, -0.15) is 4.31 Å². The van der Waals surface area contributed by atoms with E-state index in [0.29, 0.717) is 23.1 Å². The van der Waals surface area contributed by atoms with Crippen molar-refractivity contribution < 1.29 is 31.5 Å². The van der Waals surface area contributed by atoms with Gasteiger partial charge in [-0.1, -0.05) is 6.07 Å². The summed E-state index contributed by atoms with van der Waals surface area (Å²) < 4.78 is 63.5. The summed E-state index contributed by atoms with van der Waals surface area (Å²) in [6.45, 7) is 0.514. The second-order valence-electron chi connectivity index (χ2n) is 6.72. The number of amides is 1. The number of halogens is 2. The number of hydrogen-bond acceptors (Lipinski definition) is 5. The second-order valence-corrected chi connectivity index (χ2v) is 8.65. The van der Waals surface area contributed by atoms with Crippen molar-refractivity contribution in [3.05, 3.63) is 53.6 Å². The van der Waals surface area contributed by atoms with Crippen molar-refractivity contribution >= 4 is 15.9 Å². The predicted octanol–water partition coefficient (Wildman–Crippen LogP) is 2.06. The first-order valence-electron chi connectivity index (χ1n) is 9.20. The van der Waals surface area contributed by atoms with Gasteiger partial charge in [-0.3, -0.25) is 4.79 Å². The molecule has 0 aliphatic carbocycles. The molecule has 7 nitrogen and oxygen atoms in total. The number of rotatable bonds is 6. The number of ether oxygens (including phenoxy) is 2. The van der Waals surface area contributed by atoms with Crippen LogP contribution in [0, 0.1) is 11.6 Å². The molecule has 10 heteroatoms. The molecule has 1 amide bonds. The van der Waals surface area contributed by atoms with Gasteiger partial charge in [0, 0.05) is 37.8 Å². The summed E-state index contributed by atoms with van der Waals surface area (Å²) in [7, 11) is -0.933. The van der Waals surface area contributed by atoms with Crippen LogP contribution < -0.4 is 9.47 Å². The molecule has 1 heterocycles. The third-order valence-electron chi connectivity index (χ3n) is 4.96. The summed E-state index contributed by atoms with van der Waals surface area (Å²) in [5.41, 5.74) is 0.695. The first kappa shape index (κ1) is 22.0. The quantitative estimate of drug-likeness (QED) is 0.687. The van der Waals surface area contributed by atoms with Gasteiger partial charge in [-0.15, -0.1) is 0 Å². The lowest BCUT2D eigenvalue weighted by atomic mass is 10.1. The van der Waals surface area contributed by atoms with Crippen molar-refractivity contribution in [1.82, 2.24) is 9.21 Å². The SMILES string of the molecule is COc1ccc(CC(=O)N2CCN(S(=O)(=O)c3ccc(F)c(F)c3)CC2)c(OC)c1. The molecule has 1 aliphatic heterocycles.